The van der Waals surface area contributed by atoms with Crippen molar-refractivity contribution in [1.82, 2.24) is 0 Å². The molecule has 0 spiro atoms. The molecular formula is C15H18N2. The fourth-order valence-corrected chi connectivity index (χ4v) is 1.75. The van der Waals surface area contributed by atoms with E-state index in [-0.39, 0.29) is 0 Å². The Bertz CT molecular complexity index is 475. The maximum absolute atomic E-state index is 5.73. The van der Waals surface area contributed by atoms with Gasteiger partial charge in [0.15, 0.2) is 0 Å². The van der Waals surface area contributed by atoms with Crippen LogP contribution in [0.2, 0.25) is 0 Å². The number of rotatable bonds is 4. The van der Waals surface area contributed by atoms with E-state index in [0.29, 0.717) is 0 Å². The van der Waals surface area contributed by atoms with Crippen molar-refractivity contribution in [3.8, 4) is 0 Å². The monoisotopic (exact) mass is 226 g/mol. The quantitative estimate of drug-likeness (QED) is 0.784. The number of hydrogen-bond donors (Lipinski definition) is 2. The van der Waals surface area contributed by atoms with Crippen LogP contribution >= 0.6 is 0 Å². The molecule has 0 radical (unpaired) electrons. The first-order chi connectivity index (χ1) is 8.28. The molecule has 0 saturated heterocycles. The zero-order valence-electron chi connectivity index (χ0n) is 10.1. The number of anilines is 2. The highest BCUT2D eigenvalue weighted by Gasteiger charge is 1.95. The molecule has 88 valence electrons. The molecule has 0 amide bonds. The molecule has 2 nitrogen and oxygen atoms in total. The van der Waals surface area contributed by atoms with E-state index < -0.39 is 0 Å². The summed E-state index contributed by atoms with van der Waals surface area (Å²) in [6.07, 6.45) is 1.09. The summed E-state index contributed by atoms with van der Waals surface area (Å²) in [4.78, 5) is 0. The number of nitrogens with two attached hydrogens (primary N) is 1. The van der Waals surface area contributed by atoms with Crippen molar-refractivity contribution >= 4 is 11.4 Å². The Kier molecular flexibility index (Phi) is 3.66. The van der Waals surface area contributed by atoms with Crippen LogP contribution in [-0.4, -0.2) is 0 Å². The fraction of sp³-hybridized carbons (Fsp3) is 0.200. The Morgan fingerprint density at radius 1 is 1.00 bits per heavy atom. The number of hydrogen-bond acceptors (Lipinski definition) is 2. The smallest absolute Gasteiger partial charge is 0.0400 e. The van der Waals surface area contributed by atoms with Crippen molar-refractivity contribution in [1.29, 1.82) is 0 Å². The predicted octanol–water partition coefficient (Wildman–Crippen LogP) is 3.44. The maximum atomic E-state index is 5.73. The summed E-state index contributed by atoms with van der Waals surface area (Å²) < 4.78 is 0. The zero-order chi connectivity index (χ0) is 12.1. The molecule has 2 heteroatoms. The van der Waals surface area contributed by atoms with E-state index in [1.165, 1.54) is 11.1 Å². The lowest BCUT2D eigenvalue weighted by Crippen LogP contribution is -1.99. The Morgan fingerprint density at radius 2 is 1.71 bits per heavy atom. The van der Waals surface area contributed by atoms with Gasteiger partial charge >= 0.3 is 0 Å². The van der Waals surface area contributed by atoms with Crippen LogP contribution in [0, 0.1) is 0 Å². The normalized spacial score (nSPS) is 10.2. The SMILES string of the molecule is CCc1ccc(CNc2cccc(N)c2)cc1. The molecule has 0 aliphatic rings. The molecule has 0 aliphatic heterocycles. The van der Waals surface area contributed by atoms with Crippen molar-refractivity contribution in [2.45, 2.75) is 19.9 Å². The molecule has 0 bridgehead atoms. The zero-order valence-corrected chi connectivity index (χ0v) is 10.1. The second-order valence-corrected chi connectivity index (χ2v) is 4.15. The number of aryl methyl sites for hydroxylation is 1. The first kappa shape index (κ1) is 11.5. The van der Waals surface area contributed by atoms with Crippen LogP contribution in [0.4, 0.5) is 11.4 Å². The van der Waals surface area contributed by atoms with Crippen molar-refractivity contribution in [3.05, 3.63) is 59.7 Å². The summed E-state index contributed by atoms with van der Waals surface area (Å²) >= 11 is 0. The van der Waals surface area contributed by atoms with Crippen molar-refractivity contribution in [3.63, 3.8) is 0 Å². The van der Waals surface area contributed by atoms with Gasteiger partial charge in [-0.2, -0.15) is 0 Å². The molecule has 0 fully saturated rings. The van der Waals surface area contributed by atoms with Gasteiger partial charge in [0.25, 0.3) is 0 Å². The fourth-order valence-electron chi connectivity index (χ4n) is 1.75. The van der Waals surface area contributed by atoms with Crippen LogP contribution in [0.3, 0.4) is 0 Å². The molecule has 0 aliphatic carbocycles. The van der Waals surface area contributed by atoms with E-state index in [9.17, 15) is 0 Å². The van der Waals surface area contributed by atoms with Crippen LogP contribution < -0.4 is 11.1 Å². The minimum atomic E-state index is 0.788. The van der Waals surface area contributed by atoms with Gasteiger partial charge in [0, 0.05) is 17.9 Å². The highest BCUT2D eigenvalue weighted by Crippen LogP contribution is 2.13. The van der Waals surface area contributed by atoms with E-state index in [0.717, 1.165) is 24.3 Å². The van der Waals surface area contributed by atoms with Crippen LogP contribution in [0.15, 0.2) is 48.5 Å². The van der Waals surface area contributed by atoms with E-state index in [1.807, 2.05) is 24.3 Å². The third-order valence-corrected chi connectivity index (χ3v) is 2.81. The molecule has 2 aromatic rings. The van der Waals surface area contributed by atoms with Gasteiger partial charge in [-0.1, -0.05) is 37.3 Å². The molecule has 0 saturated carbocycles. The third-order valence-electron chi connectivity index (χ3n) is 2.81. The summed E-state index contributed by atoms with van der Waals surface area (Å²) in [6.45, 7) is 2.99. The minimum absolute atomic E-state index is 0.788. The van der Waals surface area contributed by atoms with Gasteiger partial charge in [0.2, 0.25) is 0 Å². The second-order valence-electron chi connectivity index (χ2n) is 4.15. The van der Waals surface area contributed by atoms with Gasteiger partial charge in [-0.05, 0) is 35.7 Å². The first-order valence-corrected chi connectivity index (χ1v) is 5.95. The molecule has 0 atom stereocenters. The Balaban J connectivity index is 1.97. The summed E-state index contributed by atoms with van der Waals surface area (Å²) in [6, 6.07) is 16.5. The predicted molar refractivity (Wildman–Crippen MR) is 74.0 cm³/mol. The number of benzene rings is 2. The van der Waals surface area contributed by atoms with Gasteiger partial charge < -0.3 is 11.1 Å². The maximum Gasteiger partial charge on any atom is 0.0400 e. The molecule has 2 aromatic carbocycles. The van der Waals surface area contributed by atoms with Crippen molar-refractivity contribution in [2.75, 3.05) is 11.1 Å². The van der Waals surface area contributed by atoms with Crippen molar-refractivity contribution < 1.29 is 0 Å². The van der Waals surface area contributed by atoms with Crippen LogP contribution in [-0.2, 0) is 13.0 Å². The molecule has 0 unspecified atom stereocenters. The van der Waals surface area contributed by atoms with Crippen LogP contribution in [0.5, 0.6) is 0 Å². The number of nitrogens with one attached hydrogen (secondary N) is 1. The molecule has 0 heterocycles. The van der Waals surface area contributed by atoms with Gasteiger partial charge in [-0.3, -0.25) is 0 Å². The molecule has 3 N–H and O–H groups in total. The van der Waals surface area contributed by atoms with Gasteiger partial charge in [0.05, 0.1) is 0 Å². The number of nitrogen functional groups attached to an aromatic ring is 1. The van der Waals surface area contributed by atoms with E-state index >= 15 is 0 Å². The average molecular weight is 226 g/mol. The minimum Gasteiger partial charge on any atom is -0.399 e. The highest BCUT2D eigenvalue weighted by molar-refractivity contribution is 5.54. The molecule has 0 aromatic heterocycles. The van der Waals surface area contributed by atoms with Crippen LogP contribution in [0.1, 0.15) is 18.1 Å². The lowest BCUT2D eigenvalue weighted by atomic mass is 10.1. The standard InChI is InChI=1S/C15H18N2/c1-2-12-6-8-13(9-7-12)11-17-15-5-3-4-14(16)10-15/h3-10,17H,2,11,16H2,1H3. The second kappa shape index (κ2) is 5.39. The average Bonchev–Trinajstić information content (AvgIpc) is 2.37. The summed E-state index contributed by atoms with van der Waals surface area (Å²) in [7, 11) is 0. The lowest BCUT2D eigenvalue weighted by Gasteiger charge is -2.07. The van der Waals surface area contributed by atoms with Gasteiger partial charge in [-0.15, -0.1) is 0 Å². The summed E-state index contributed by atoms with van der Waals surface area (Å²) in [5.41, 5.74) is 10.2. The first-order valence-electron chi connectivity index (χ1n) is 5.95. The Morgan fingerprint density at radius 3 is 2.35 bits per heavy atom. The van der Waals surface area contributed by atoms with Gasteiger partial charge in [0.1, 0.15) is 0 Å². The topological polar surface area (TPSA) is 38.0 Å². The van der Waals surface area contributed by atoms with E-state index in [2.05, 4.69) is 36.5 Å². The Labute approximate surface area is 102 Å². The van der Waals surface area contributed by atoms with Gasteiger partial charge in [-0.25, -0.2) is 0 Å². The largest absolute Gasteiger partial charge is 0.399 e. The Hall–Kier alpha value is -1.96. The van der Waals surface area contributed by atoms with Crippen molar-refractivity contribution in [2.24, 2.45) is 0 Å². The molecule has 17 heavy (non-hydrogen) atoms. The molecule has 2 rings (SSSR count). The summed E-state index contributed by atoms with van der Waals surface area (Å²) in [5.74, 6) is 0. The van der Waals surface area contributed by atoms with E-state index in [4.69, 9.17) is 5.73 Å². The highest BCUT2D eigenvalue weighted by atomic mass is 14.9. The molecular weight excluding hydrogens is 208 g/mol. The third kappa shape index (κ3) is 3.25. The van der Waals surface area contributed by atoms with E-state index in [1.54, 1.807) is 0 Å². The summed E-state index contributed by atoms with van der Waals surface area (Å²) in [5, 5.41) is 3.36. The van der Waals surface area contributed by atoms with Crippen LogP contribution in [0.25, 0.3) is 0 Å². The lowest BCUT2D eigenvalue weighted by molar-refractivity contribution is 1.11.